The third-order valence-electron chi connectivity index (χ3n) is 5.13. The predicted molar refractivity (Wildman–Crippen MR) is 114 cm³/mol. The number of hydrogen-bond donors (Lipinski definition) is 1. The van der Waals surface area contributed by atoms with E-state index in [1.807, 2.05) is 24.3 Å². The van der Waals surface area contributed by atoms with Crippen LogP contribution in [0.25, 0.3) is 0 Å². The highest BCUT2D eigenvalue weighted by Crippen LogP contribution is 2.25. The molecular formula is C22H26Cl2N2O. The van der Waals surface area contributed by atoms with Gasteiger partial charge >= 0.3 is 0 Å². The number of amides is 1. The van der Waals surface area contributed by atoms with Crippen molar-refractivity contribution in [3.05, 3.63) is 63.6 Å². The second-order valence-electron chi connectivity index (χ2n) is 7.58. The van der Waals surface area contributed by atoms with Crippen molar-refractivity contribution in [2.75, 3.05) is 18.4 Å². The summed E-state index contributed by atoms with van der Waals surface area (Å²) < 4.78 is 0. The Morgan fingerprint density at radius 3 is 2.59 bits per heavy atom. The van der Waals surface area contributed by atoms with Crippen molar-refractivity contribution in [2.45, 2.75) is 39.2 Å². The Morgan fingerprint density at radius 2 is 1.93 bits per heavy atom. The van der Waals surface area contributed by atoms with E-state index < -0.39 is 0 Å². The van der Waals surface area contributed by atoms with Gasteiger partial charge in [0.25, 0.3) is 0 Å². The summed E-state index contributed by atoms with van der Waals surface area (Å²) in [5.74, 6) is 0.579. The van der Waals surface area contributed by atoms with Crippen LogP contribution in [0.3, 0.4) is 0 Å². The fraction of sp³-hybridized carbons (Fsp3) is 0.409. The zero-order valence-corrected chi connectivity index (χ0v) is 17.4. The first-order valence-electron chi connectivity index (χ1n) is 9.49. The highest BCUT2D eigenvalue weighted by Gasteiger charge is 2.26. The lowest BCUT2D eigenvalue weighted by molar-refractivity contribution is -0.121. The van der Waals surface area contributed by atoms with Crippen LogP contribution < -0.4 is 5.32 Å². The number of anilines is 1. The largest absolute Gasteiger partial charge is 0.326 e. The van der Waals surface area contributed by atoms with E-state index in [0.29, 0.717) is 16.0 Å². The van der Waals surface area contributed by atoms with Crippen molar-refractivity contribution in [1.82, 2.24) is 4.90 Å². The first kappa shape index (κ1) is 20.2. The molecule has 0 aromatic heterocycles. The molecule has 0 aliphatic carbocycles. The number of nitrogens with one attached hydrogen (secondary N) is 1. The van der Waals surface area contributed by atoms with Crippen LogP contribution in [0.15, 0.2) is 42.5 Å². The van der Waals surface area contributed by atoms with Gasteiger partial charge in [0.1, 0.15) is 0 Å². The van der Waals surface area contributed by atoms with Gasteiger partial charge in [0, 0.05) is 28.8 Å². The second-order valence-corrected chi connectivity index (χ2v) is 8.42. The van der Waals surface area contributed by atoms with E-state index in [-0.39, 0.29) is 11.8 Å². The molecule has 0 saturated carbocycles. The Morgan fingerprint density at radius 1 is 1.19 bits per heavy atom. The summed E-state index contributed by atoms with van der Waals surface area (Å²) in [7, 11) is 0. The minimum atomic E-state index is -0.00500. The molecule has 2 aromatic rings. The SMILES string of the molecule is CC(C)c1ccc(NC(=O)C2CCCN(Cc3ccc(Cl)cc3Cl)C2)cc1. The number of carbonyl (C=O) groups excluding carboxylic acids is 1. The van der Waals surface area contributed by atoms with Crippen molar-refractivity contribution in [2.24, 2.45) is 5.92 Å². The summed E-state index contributed by atoms with van der Waals surface area (Å²) in [5.41, 5.74) is 3.19. The molecule has 1 atom stereocenters. The molecule has 2 aromatic carbocycles. The molecule has 1 heterocycles. The van der Waals surface area contributed by atoms with Crippen LogP contribution in [0.5, 0.6) is 0 Å². The summed E-state index contributed by atoms with van der Waals surface area (Å²) in [6.07, 6.45) is 1.93. The van der Waals surface area contributed by atoms with Crippen LogP contribution in [-0.4, -0.2) is 23.9 Å². The number of nitrogens with zero attached hydrogens (tertiary/aromatic N) is 1. The van der Waals surface area contributed by atoms with Crippen molar-refractivity contribution in [3.63, 3.8) is 0 Å². The Balaban J connectivity index is 1.59. The van der Waals surface area contributed by atoms with E-state index in [1.54, 1.807) is 6.07 Å². The number of rotatable bonds is 5. The molecule has 1 saturated heterocycles. The van der Waals surface area contributed by atoms with E-state index in [0.717, 1.165) is 43.7 Å². The Labute approximate surface area is 171 Å². The Bertz CT molecular complexity index is 789. The number of piperidine rings is 1. The lowest BCUT2D eigenvalue weighted by Gasteiger charge is -2.32. The first-order valence-corrected chi connectivity index (χ1v) is 10.2. The number of carbonyl (C=O) groups is 1. The van der Waals surface area contributed by atoms with Crippen LogP contribution in [0.1, 0.15) is 43.7 Å². The molecule has 27 heavy (non-hydrogen) atoms. The minimum absolute atomic E-state index is 0.00500. The number of halogens is 2. The third kappa shape index (κ3) is 5.47. The molecule has 1 aliphatic rings. The van der Waals surface area contributed by atoms with Crippen LogP contribution in [0.2, 0.25) is 10.0 Å². The average Bonchev–Trinajstić information content (AvgIpc) is 2.65. The summed E-state index contributed by atoms with van der Waals surface area (Å²) in [6, 6.07) is 13.7. The van der Waals surface area contributed by atoms with Crippen molar-refractivity contribution in [1.29, 1.82) is 0 Å². The molecule has 3 nitrogen and oxygen atoms in total. The highest BCUT2D eigenvalue weighted by molar-refractivity contribution is 6.35. The molecular weight excluding hydrogens is 379 g/mol. The third-order valence-corrected chi connectivity index (χ3v) is 5.72. The molecule has 144 valence electrons. The first-order chi connectivity index (χ1) is 12.9. The van der Waals surface area contributed by atoms with Gasteiger partial charge in [-0.25, -0.2) is 0 Å². The Hall–Kier alpha value is -1.55. The maximum Gasteiger partial charge on any atom is 0.228 e. The van der Waals surface area contributed by atoms with Gasteiger partial charge in [-0.15, -0.1) is 0 Å². The molecule has 1 aliphatic heterocycles. The van der Waals surface area contributed by atoms with Gasteiger partial charge < -0.3 is 5.32 Å². The molecule has 1 amide bonds. The molecule has 0 radical (unpaired) electrons. The van der Waals surface area contributed by atoms with Gasteiger partial charge in [-0.1, -0.05) is 55.2 Å². The summed E-state index contributed by atoms with van der Waals surface area (Å²) in [6.45, 7) is 6.79. The van der Waals surface area contributed by atoms with Crippen molar-refractivity contribution in [3.8, 4) is 0 Å². The van der Waals surface area contributed by atoms with Crippen molar-refractivity contribution < 1.29 is 4.79 Å². The fourth-order valence-corrected chi connectivity index (χ4v) is 3.97. The molecule has 5 heteroatoms. The van der Waals surface area contributed by atoms with Gasteiger partial charge in [-0.2, -0.15) is 0 Å². The lowest BCUT2D eigenvalue weighted by Crippen LogP contribution is -2.40. The normalized spacial score (nSPS) is 17.9. The smallest absolute Gasteiger partial charge is 0.228 e. The van der Waals surface area contributed by atoms with E-state index in [1.165, 1.54) is 5.56 Å². The van der Waals surface area contributed by atoms with E-state index in [9.17, 15) is 4.79 Å². The summed E-state index contributed by atoms with van der Waals surface area (Å²) in [5, 5.41) is 4.39. The summed E-state index contributed by atoms with van der Waals surface area (Å²) >= 11 is 12.3. The second kappa shape index (κ2) is 9.09. The monoisotopic (exact) mass is 404 g/mol. The van der Waals surface area contributed by atoms with Gasteiger partial charge in [0.15, 0.2) is 0 Å². The van der Waals surface area contributed by atoms with E-state index in [4.69, 9.17) is 23.2 Å². The summed E-state index contributed by atoms with van der Waals surface area (Å²) in [4.78, 5) is 15.0. The Kier molecular flexibility index (Phi) is 6.80. The van der Waals surface area contributed by atoms with Crippen LogP contribution in [0.4, 0.5) is 5.69 Å². The van der Waals surface area contributed by atoms with Crippen LogP contribution >= 0.6 is 23.2 Å². The van der Waals surface area contributed by atoms with Crippen molar-refractivity contribution >= 4 is 34.8 Å². The quantitative estimate of drug-likeness (QED) is 0.665. The zero-order chi connectivity index (χ0) is 19.4. The number of hydrogen-bond acceptors (Lipinski definition) is 2. The maximum absolute atomic E-state index is 12.7. The maximum atomic E-state index is 12.7. The number of benzene rings is 2. The van der Waals surface area contributed by atoms with Gasteiger partial charge in [0.2, 0.25) is 5.91 Å². The number of likely N-dealkylation sites (tertiary alicyclic amines) is 1. The average molecular weight is 405 g/mol. The minimum Gasteiger partial charge on any atom is -0.326 e. The predicted octanol–water partition coefficient (Wildman–Crippen LogP) is 5.97. The van der Waals surface area contributed by atoms with E-state index in [2.05, 4.69) is 36.2 Å². The molecule has 0 bridgehead atoms. The fourth-order valence-electron chi connectivity index (χ4n) is 3.50. The molecule has 1 unspecified atom stereocenters. The van der Waals surface area contributed by atoms with Crippen LogP contribution in [0, 0.1) is 5.92 Å². The lowest BCUT2D eigenvalue weighted by atomic mass is 9.96. The topological polar surface area (TPSA) is 32.3 Å². The standard InChI is InChI=1S/C22H26Cl2N2O/c1-15(2)16-6-9-20(10-7-16)25-22(27)18-4-3-11-26(14-18)13-17-5-8-19(23)12-21(17)24/h5-10,12,15,18H,3-4,11,13-14H2,1-2H3,(H,25,27). The van der Waals surface area contributed by atoms with Gasteiger partial charge in [-0.05, 0) is 60.7 Å². The highest BCUT2D eigenvalue weighted by atomic mass is 35.5. The van der Waals surface area contributed by atoms with Gasteiger partial charge in [0.05, 0.1) is 5.92 Å². The molecule has 0 spiro atoms. The van der Waals surface area contributed by atoms with E-state index >= 15 is 0 Å². The zero-order valence-electron chi connectivity index (χ0n) is 15.8. The van der Waals surface area contributed by atoms with Gasteiger partial charge in [-0.3, -0.25) is 9.69 Å². The van der Waals surface area contributed by atoms with Crippen LogP contribution in [-0.2, 0) is 11.3 Å². The molecule has 3 rings (SSSR count). The molecule has 1 fully saturated rings. The molecule has 1 N–H and O–H groups in total.